The molecule has 0 aliphatic rings. The second-order valence-electron chi connectivity index (χ2n) is 5.24. The highest BCUT2D eigenvalue weighted by atomic mass is 35.5. The van der Waals surface area contributed by atoms with Crippen molar-refractivity contribution >= 4 is 23.2 Å². The summed E-state index contributed by atoms with van der Waals surface area (Å²) in [6.45, 7) is 8.26. The van der Waals surface area contributed by atoms with E-state index in [1.54, 1.807) is 0 Å². The quantitative estimate of drug-likeness (QED) is 0.604. The summed E-state index contributed by atoms with van der Waals surface area (Å²) < 4.78 is 0. The highest BCUT2D eigenvalue weighted by Gasteiger charge is 2.15. The molecule has 0 saturated carbocycles. The molecule has 2 rings (SSSR count). The zero-order chi connectivity index (χ0) is 14.2. The van der Waals surface area contributed by atoms with Crippen molar-refractivity contribution in [1.29, 1.82) is 0 Å². The maximum absolute atomic E-state index is 6.66. The van der Waals surface area contributed by atoms with Crippen LogP contribution in [0.3, 0.4) is 0 Å². The van der Waals surface area contributed by atoms with Gasteiger partial charge in [-0.3, -0.25) is 0 Å². The topological polar surface area (TPSA) is 0 Å². The lowest BCUT2D eigenvalue weighted by Crippen LogP contribution is -1.99. The average Bonchev–Trinajstić information content (AvgIpc) is 2.31. The van der Waals surface area contributed by atoms with Crippen LogP contribution in [-0.2, 0) is 0 Å². The van der Waals surface area contributed by atoms with Gasteiger partial charge >= 0.3 is 0 Å². The lowest BCUT2D eigenvalue weighted by Gasteiger charge is -2.16. The fraction of sp³-hybridized carbons (Fsp3) is 0.294. The molecule has 2 aromatic carbocycles. The van der Waals surface area contributed by atoms with Crippen LogP contribution < -0.4 is 0 Å². The molecule has 0 aliphatic heterocycles. The molecule has 0 aromatic heterocycles. The molecule has 0 amide bonds. The van der Waals surface area contributed by atoms with Gasteiger partial charge in [0.1, 0.15) is 0 Å². The van der Waals surface area contributed by atoms with Crippen LogP contribution in [0.25, 0.3) is 0 Å². The summed E-state index contributed by atoms with van der Waals surface area (Å²) in [7, 11) is 0. The standard InChI is InChI=1S/C17H18Cl2/c1-10-5-11(2)7-14(6-10)17(19)15-8-13(4)16(18)9-12(15)3/h5-9,17H,1-4H3. The number of aryl methyl sites for hydroxylation is 4. The third-order valence-electron chi connectivity index (χ3n) is 3.36. The van der Waals surface area contributed by atoms with Gasteiger partial charge in [-0.2, -0.15) is 0 Å². The van der Waals surface area contributed by atoms with E-state index in [0.29, 0.717) is 0 Å². The van der Waals surface area contributed by atoms with E-state index in [0.717, 1.165) is 27.3 Å². The molecular weight excluding hydrogens is 275 g/mol. The first-order chi connectivity index (χ1) is 8.88. The third kappa shape index (κ3) is 3.13. The summed E-state index contributed by atoms with van der Waals surface area (Å²) >= 11 is 12.8. The van der Waals surface area contributed by atoms with Crippen molar-refractivity contribution < 1.29 is 0 Å². The van der Waals surface area contributed by atoms with Gasteiger partial charge in [0, 0.05) is 5.02 Å². The van der Waals surface area contributed by atoms with Crippen LogP contribution in [0.4, 0.5) is 0 Å². The van der Waals surface area contributed by atoms with E-state index < -0.39 is 0 Å². The van der Waals surface area contributed by atoms with Crippen LogP contribution in [0.2, 0.25) is 5.02 Å². The van der Waals surface area contributed by atoms with Gasteiger partial charge in [-0.05, 0) is 56.0 Å². The van der Waals surface area contributed by atoms with Gasteiger partial charge in [-0.1, -0.05) is 47.0 Å². The van der Waals surface area contributed by atoms with E-state index in [1.807, 2.05) is 13.0 Å². The first-order valence-electron chi connectivity index (χ1n) is 6.37. The number of hydrogen-bond donors (Lipinski definition) is 0. The molecule has 0 heterocycles. The SMILES string of the molecule is Cc1cc(C)cc(C(Cl)c2cc(C)c(Cl)cc2C)c1. The van der Waals surface area contributed by atoms with Crippen molar-refractivity contribution in [2.75, 3.05) is 0 Å². The Morgan fingerprint density at radius 3 is 1.95 bits per heavy atom. The molecule has 0 bridgehead atoms. The molecule has 2 aromatic rings. The van der Waals surface area contributed by atoms with Gasteiger partial charge in [0.2, 0.25) is 0 Å². The maximum atomic E-state index is 6.66. The second kappa shape index (κ2) is 5.56. The van der Waals surface area contributed by atoms with E-state index in [-0.39, 0.29) is 5.38 Å². The molecule has 100 valence electrons. The summed E-state index contributed by atoms with van der Waals surface area (Å²) in [4.78, 5) is 0. The van der Waals surface area contributed by atoms with Gasteiger partial charge in [-0.15, -0.1) is 11.6 Å². The minimum absolute atomic E-state index is 0.130. The fourth-order valence-corrected chi connectivity index (χ4v) is 2.99. The van der Waals surface area contributed by atoms with Crippen molar-refractivity contribution in [1.82, 2.24) is 0 Å². The van der Waals surface area contributed by atoms with E-state index in [9.17, 15) is 0 Å². The minimum Gasteiger partial charge on any atom is -0.113 e. The zero-order valence-electron chi connectivity index (χ0n) is 11.7. The van der Waals surface area contributed by atoms with Crippen LogP contribution >= 0.6 is 23.2 Å². The zero-order valence-corrected chi connectivity index (χ0v) is 13.2. The Morgan fingerprint density at radius 1 is 0.789 bits per heavy atom. The fourth-order valence-electron chi connectivity index (χ4n) is 2.41. The molecule has 0 spiro atoms. The predicted molar refractivity (Wildman–Crippen MR) is 84.5 cm³/mol. The molecule has 0 aliphatic carbocycles. The monoisotopic (exact) mass is 292 g/mol. The van der Waals surface area contributed by atoms with Crippen molar-refractivity contribution in [3.8, 4) is 0 Å². The van der Waals surface area contributed by atoms with Crippen LogP contribution in [0.1, 0.15) is 38.8 Å². The highest BCUT2D eigenvalue weighted by molar-refractivity contribution is 6.31. The molecule has 19 heavy (non-hydrogen) atoms. The van der Waals surface area contributed by atoms with E-state index >= 15 is 0 Å². The van der Waals surface area contributed by atoms with Crippen molar-refractivity contribution in [3.05, 3.63) is 68.7 Å². The first-order valence-corrected chi connectivity index (χ1v) is 7.19. The van der Waals surface area contributed by atoms with Gasteiger partial charge < -0.3 is 0 Å². The smallest absolute Gasteiger partial charge is 0.0838 e. The molecule has 1 atom stereocenters. The largest absolute Gasteiger partial charge is 0.113 e. The molecule has 0 nitrogen and oxygen atoms in total. The van der Waals surface area contributed by atoms with E-state index in [4.69, 9.17) is 23.2 Å². The summed E-state index contributed by atoms with van der Waals surface area (Å²) in [5.41, 5.74) is 6.96. The number of alkyl halides is 1. The Morgan fingerprint density at radius 2 is 1.37 bits per heavy atom. The lowest BCUT2D eigenvalue weighted by atomic mass is 9.96. The van der Waals surface area contributed by atoms with Crippen LogP contribution in [0.15, 0.2) is 30.3 Å². The van der Waals surface area contributed by atoms with Gasteiger partial charge in [-0.25, -0.2) is 0 Å². The number of benzene rings is 2. The van der Waals surface area contributed by atoms with Crippen LogP contribution in [0.5, 0.6) is 0 Å². The molecular formula is C17H18Cl2. The average molecular weight is 293 g/mol. The summed E-state index contributed by atoms with van der Waals surface area (Å²) in [6, 6.07) is 10.5. The van der Waals surface area contributed by atoms with Crippen molar-refractivity contribution in [3.63, 3.8) is 0 Å². The Balaban J connectivity index is 2.49. The summed E-state index contributed by atoms with van der Waals surface area (Å²) in [6.07, 6.45) is 0. The third-order valence-corrected chi connectivity index (χ3v) is 4.25. The molecule has 0 saturated heterocycles. The lowest BCUT2D eigenvalue weighted by molar-refractivity contribution is 1.09. The van der Waals surface area contributed by atoms with E-state index in [2.05, 4.69) is 45.0 Å². The number of hydrogen-bond acceptors (Lipinski definition) is 0. The highest BCUT2D eigenvalue weighted by Crippen LogP contribution is 2.34. The Kier molecular flexibility index (Phi) is 4.23. The molecule has 0 N–H and O–H groups in total. The Hall–Kier alpha value is -0.980. The number of halogens is 2. The predicted octanol–water partition coefficient (Wildman–Crippen LogP) is 5.90. The summed E-state index contributed by atoms with van der Waals surface area (Å²) in [5.74, 6) is 0. The first kappa shape index (κ1) is 14.4. The molecule has 2 heteroatoms. The van der Waals surface area contributed by atoms with Gasteiger partial charge in [0.25, 0.3) is 0 Å². The van der Waals surface area contributed by atoms with Crippen LogP contribution in [0, 0.1) is 27.7 Å². The number of rotatable bonds is 2. The molecule has 0 fully saturated rings. The molecule has 0 radical (unpaired) electrons. The normalized spacial score (nSPS) is 12.5. The Bertz CT molecular complexity index is 595. The second-order valence-corrected chi connectivity index (χ2v) is 6.09. The summed E-state index contributed by atoms with van der Waals surface area (Å²) in [5, 5.41) is 0.667. The minimum atomic E-state index is -0.130. The Labute approximate surface area is 125 Å². The van der Waals surface area contributed by atoms with Crippen molar-refractivity contribution in [2.24, 2.45) is 0 Å². The van der Waals surface area contributed by atoms with Gasteiger partial charge in [0.05, 0.1) is 5.38 Å². The van der Waals surface area contributed by atoms with E-state index in [1.165, 1.54) is 11.1 Å². The van der Waals surface area contributed by atoms with Crippen molar-refractivity contribution in [2.45, 2.75) is 33.1 Å². The molecule has 1 unspecified atom stereocenters. The van der Waals surface area contributed by atoms with Crippen LogP contribution in [-0.4, -0.2) is 0 Å². The van der Waals surface area contributed by atoms with Gasteiger partial charge in [0.15, 0.2) is 0 Å². The maximum Gasteiger partial charge on any atom is 0.0838 e.